The van der Waals surface area contributed by atoms with Crippen LogP contribution in [-0.2, 0) is 4.79 Å². The second kappa shape index (κ2) is 7.11. The number of carbonyl (C=O) groups is 2. The van der Waals surface area contributed by atoms with Gasteiger partial charge in [0.1, 0.15) is 0 Å². The van der Waals surface area contributed by atoms with Gasteiger partial charge in [-0.15, -0.1) is 0 Å². The summed E-state index contributed by atoms with van der Waals surface area (Å²) in [5.74, 6) is 0.542. The maximum Gasteiger partial charge on any atom is 0.319 e. The number of hydrogen-bond donors (Lipinski definition) is 3. The Balaban J connectivity index is 1.88. The van der Waals surface area contributed by atoms with E-state index in [0.29, 0.717) is 17.3 Å². The minimum absolute atomic E-state index is 0.132. The van der Waals surface area contributed by atoms with Crippen LogP contribution in [0.25, 0.3) is 0 Å². The maximum absolute atomic E-state index is 12.0. The van der Waals surface area contributed by atoms with Gasteiger partial charge in [0, 0.05) is 24.3 Å². The van der Waals surface area contributed by atoms with Gasteiger partial charge in [-0.1, -0.05) is 25.8 Å². The molecule has 0 heterocycles. The van der Waals surface area contributed by atoms with Crippen molar-refractivity contribution in [2.24, 2.45) is 5.92 Å². The lowest BCUT2D eigenvalue weighted by atomic mass is 9.87. The Labute approximate surface area is 125 Å². The number of rotatable bonds is 3. The molecule has 1 aliphatic carbocycles. The first-order chi connectivity index (χ1) is 10.0. The highest BCUT2D eigenvalue weighted by molar-refractivity contribution is 5.92. The summed E-state index contributed by atoms with van der Waals surface area (Å²) in [6.07, 6.45) is 4.51. The number of hydrogen-bond acceptors (Lipinski definition) is 2. The van der Waals surface area contributed by atoms with Crippen LogP contribution in [0.15, 0.2) is 24.3 Å². The van der Waals surface area contributed by atoms with Crippen LogP contribution in [0.5, 0.6) is 0 Å². The van der Waals surface area contributed by atoms with Crippen molar-refractivity contribution >= 4 is 23.3 Å². The molecule has 0 unspecified atom stereocenters. The molecule has 0 bridgehead atoms. The monoisotopic (exact) mass is 289 g/mol. The normalized spacial score (nSPS) is 21.4. The first kappa shape index (κ1) is 15.4. The molecule has 114 valence electrons. The van der Waals surface area contributed by atoms with E-state index < -0.39 is 0 Å². The summed E-state index contributed by atoms with van der Waals surface area (Å²) >= 11 is 0. The molecule has 3 N–H and O–H groups in total. The van der Waals surface area contributed by atoms with Crippen LogP contribution >= 0.6 is 0 Å². The third-order valence-corrected chi connectivity index (χ3v) is 3.71. The molecule has 1 fully saturated rings. The minimum Gasteiger partial charge on any atom is -0.335 e. The zero-order chi connectivity index (χ0) is 15.2. The molecule has 1 aromatic carbocycles. The van der Waals surface area contributed by atoms with Gasteiger partial charge in [0.25, 0.3) is 0 Å². The average Bonchev–Trinajstić information content (AvgIpc) is 2.37. The average molecular weight is 289 g/mol. The summed E-state index contributed by atoms with van der Waals surface area (Å²) in [6.45, 7) is 3.68. The standard InChI is InChI=1S/C16H23N3O2/c1-11-5-3-6-13(9-11)18-16(21)19-15-8-4-7-14(10-15)17-12(2)20/h4,7-8,10-11,13H,3,5-6,9H2,1-2H3,(H,17,20)(H2,18,19,21)/t11-,13-/m1/s1. The van der Waals surface area contributed by atoms with E-state index in [1.807, 2.05) is 0 Å². The van der Waals surface area contributed by atoms with E-state index in [1.54, 1.807) is 24.3 Å². The lowest BCUT2D eigenvalue weighted by Gasteiger charge is -2.27. The predicted molar refractivity (Wildman–Crippen MR) is 84.3 cm³/mol. The first-order valence-corrected chi connectivity index (χ1v) is 7.48. The quantitative estimate of drug-likeness (QED) is 0.798. The van der Waals surface area contributed by atoms with Gasteiger partial charge in [0.05, 0.1) is 0 Å². The molecule has 5 heteroatoms. The fraction of sp³-hybridized carbons (Fsp3) is 0.500. The Morgan fingerprint density at radius 3 is 2.52 bits per heavy atom. The zero-order valence-electron chi connectivity index (χ0n) is 12.6. The molecule has 5 nitrogen and oxygen atoms in total. The van der Waals surface area contributed by atoms with Crippen LogP contribution < -0.4 is 16.0 Å². The molecule has 0 aliphatic heterocycles. The van der Waals surface area contributed by atoms with Gasteiger partial charge < -0.3 is 16.0 Å². The molecule has 1 aliphatic rings. The van der Waals surface area contributed by atoms with Gasteiger partial charge in [0.2, 0.25) is 5.91 Å². The highest BCUT2D eigenvalue weighted by atomic mass is 16.2. The molecular formula is C16H23N3O2. The van der Waals surface area contributed by atoms with Crippen LogP contribution in [0.3, 0.4) is 0 Å². The van der Waals surface area contributed by atoms with Gasteiger partial charge in [-0.05, 0) is 37.0 Å². The van der Waals surface area contributed by atoms with Crippen LogP contribution in [0.2, 0.25) is 0 Å². The molecule has 0 saturated heterocycles. The van der Waals surface area contributed by atoms with E-state index in [1.165, 1.54) is 19.8 Å². The number of anilines is 2. The van der Waals surface area contributed by atoms with Gasteiger partial charge in [-0.3, -0.25) is 4.79 Å². The van der Waals surface area contributed by atoms with Crippen molar-refractivity contribution in [3.05, 3.63) is 24.3 Å². The zero-order valence-corrected chi connectivity index (χ0v) is 12.6. The van der Waals surface area contributed by atoms with Crippen molar-refractivity contribution < 1.29 is 9.59 Å². The van der Waals surface area contributed by atoms with Crippen molar-refractivity contribution in [3.8, 4) is 0 Å². The van der Waals surface area contributed by atoms with Crippen molar-refractivity contribution in [2.75, 3.05) is 10.6 Å². The highest BCUT2D eigenvalue weighted by Crippen LogP contribution is 2.23. The van der Waals surface area contributed by atoms with Gasteiger partial charge in [-0.25, -0.2) is 4.79 Å². The second-order valence-corrected chi connectivity index (χ2v) is 5.83. The Morgan fingerprint density at radius 1 is 1.14 bits per heavy atom. The SMILES string of the molecule is CC(=O)Nc1cccc(NC(=O)N[C@@H]2CCC[C@@H](C)C2)c1. The molecular weight excluding hydrogens is 266 g/mol. The third kappa shape index (κ3) is 5.10. The van der Waals surface area contributed by atoms with Crippen molar-refractivity contribution in [3.63, 3.8) is 0 Å². The molecule has 21 heavy (non-hydrogen) atoms. The van der Waals surface area contributed by atoms with Crippen LogP contribution in [0.1, 0.15) is 39.5 Å². The van der Waals surface area contributed by atoms with E-state index >= 15 is 0 Å². The summed E-state index contributed by atoms with van der Waals surface area (Å²) < 4.78 is 0. The van der Waals surface area contributed by atoms with E-state index in [-0.39, 0.29) is 18.0 Å². The van der Waals surface area contributed by atoms with Crippen LogP contribution in [0, 0.1) is 5.92 Å². The van der Waals surface area contributed by atoms with E-state index in [2.05, 4.69) is 22.9 Å². The fourth-order valence-electron chi connectivity index (χ4n) is 2.80. The Kier molecular flexibility index (Phi) is 5.20. The number of carbonyl (C=O) groups excluding carboxylic acids is 2. The third-order valence-electron chi connectivity index (χ3n) is 3.71. The van der Waals surface area contributed by atoms with E-state index in [4.69, 9.17) is 0 Å². The minimum atomic E-state index is -0.186. The summed E-state index contributed by atoms with van der Waals surface area (Å²) in [4.78, 5) is 23.0. The molecule has 0 aromatic heterocycles. The molecule has 2 rings (SSSR count). The number of amides is 3. The van der Waals surface area contributed by atoms with Crippen molar-refractivity contribution in [1.82, 2.24) is 5.32 Å². The molecule has 1 aromatic rings. The number of nitrogens with one attached hydrogen (secondary N) is 3. The van der Waals surface area contributed by atoms with E-state index in [9.17, 15) is 9.59 Å². The summed E-state index contributed by atoms with van der Waals surface area (Å²) in [7, 11) is 0. The molecule has 0 spiro atoms. The number of urea groups is 1. The van der Waals surface area contributed by atoms with Gasteiger partial charge in [-0.2, -0.15) is 0 Å². The Bertz CT molecular complexity index is 516. The summed E-state index contributed by atoms with van der Waals surface area (Å²) in [5.41, 5.74) is 1.34. The molecule has 3 amide bonds. The van der Waals surface area contributed by atoms with Gasteiger partial charge in [0.15, 0.2) is 0 Å². The van der Waals surface area contributed by atoms with Crippen LogP contribution in [-0.4, -0.2) is 18.0 Å². The Hall–Kier alpha value is -2.04. The first-order valence-electron chi connectivity index (χ1n) is 7.48. The largest absolute Gasteiger partial charge is 0.335 e. The lowest BCUT2D eigenvalue weighted by molar-refractivity contribution is -0.114. The van der Waals surface area contributed by atoms with Crippen molar-refractivity contribution in [1.29, 1.82) is 0 Å². The highest BCUT2D eigenvalue weighted by Gasteiger charge is 2.20. The van der Waals surface area contributed by atoms with Crippen LogP contribution in [0.4, 0.5) is 16.2 Å². The molecule has 2 atom stereocenters. The topological polar surface area (TPSA) is 70.2 Å². The number of benzene rings is 1. The Morgan fingerprint density at radius 2 is 1.86 bits per heavy atom. The lowest BCUT2D eigenvalue weighted by Crippen LogP contribution is -2.40. The van der Waals surface area contributed by atoms with E-state index in [0.717, 1.165) is 12.8 Å². The molecule has 0 radical (unpaired) electrons. The smallest absolute Gasteiger partial charge is 0.319 e. The van der Waals surface area contributed by atoms with Gasteiger partial charge >= 0.3 is 6.03 Å². The summed E-state index contributed by atoms with van der Waals surface area (Å²) in [5, 5.41) is 8.53. The maximum atomic E-state index is 12.0. The summed E-state index contributed by atoms with van der Waals surface area (Å²) in [6, 6.07) is 7.19. The van der Waals surface area contributed by atoms with Crippen molar-refractivity contribution in [2.45, 2.75) is 45.6 Å². The fourth-order valence-corrected chi connectivity index (χ4v) is 2.80. The predicted octanol–water partition coefficient (Wildman–Crippen LogP) is 3.35. The second-order valence-electron chi connectivity index (χ2n) is 5.83. The molecule has 1 saturated carbocycles.